The predicted molar refractivity (Wildman–Crippen MR) is 67.8 cm³/mol. The smallest absolute Gasteiger partial charge is 0.358 e. The van der Waals surface area contributed by atoms with Gasteiger partial charge in [0, 0.05) is 26.5 Å². The molecule has 0 aliphatic carbocycles. The maximum atomic E-state index is 11.4. The number of hydrogen-bond acceptors (Lipinski definition) is 4. The highest BCUT2D eigenvalue weighted by Crippen LogP contribution is 2.02. The van der Waals surface area contributed by atoms with Gasteiger partial charge in [-0.3, -0.25) is 0 Å². The van der Waals surface area contributed by atoms with Crippen LogP contribution in [-0.4, -0.2) is 38.3 Å². The standard InChI is InChI=1S/C13H16N2O2/c1-15(2)10-12(13(16)17-3)14-9-11-7-5-4-6-8-11/h4-10H,1-3H3/b12-10-,14-9?. The van der Waals surface area contributed by atoms with Gasteiger partial charge in [-0.25, -0.2) is 9.79 Å². The number of carbonyl (C=O) groups excluding carboxylic acids is 1. The van der Waals surface area contributed by atoms with Gasteiger partial charge in [0.1, 0.15) is 0 Å². The van der Waals surface area contributed by atoms with Crippen molar-refractivity contribution in [1.29, 1.82) is 0 Å². The van der Waals surface area contributed by atoms with Crippen LogP contribution in [0.25, 0.3) is 0 Å². The van der Waals surface area contributed by atoms with Gasteiger partial charge in [0.15, 0.2) is 5.70 Å². The quantitative estimate of drug-likeness (QED) is 0.450. The summed E-state index contributed by atoms with van der Waals surface area (Å²) in [6, 6.07) is 9.57. The Morgan fingerprint density at radius 2 is 1.94 bits per heavy atom. The van der Waals surface area contributed by atoms with Crippen molar-refractivity contribution in [2.75, 3.05) is 21.2 Å². The van der Waals surface area contributed by atoms with Crippen LogP contribution < -0.4 is 0 Å². The van der Waals surface area contributed by atoms with Crippen LogP contribution in [0.15, 0.2) is 47.2 Å². The average Bonchev–Trinajstić information content (AvgIpc) is 2.34. The van der Waals surface area contributed by atoms with E-state index in [0.717, 1.165) is 5.56 Å². The molecule has 0 saturated heterocycles. The molecule has 0 fully saturated rings. The monoisotopic (exact) mass is 232 g/mol. The van der Waals surface area contributed by atoms with Crippen molar-refractivity contribution in [3.63, 3.8) is 0 Å². The molecule has 0 atom stereocenters. The number of carbonyl (C=O) groups is 1. The van der Waals surface area contributed by atoms with E-state index in [1.165, 1.54) is 7.11 Å². The summed E-state index contributed by atoms with van der Waals surface area (Å²) in [4.78, 5) is 17.3. The fourth-order valence-electron chi connectivity index (χ4n) is 1.17. The molecule has 0 amide bonds. The predicted octanol–water partition coefficient (Wildman–Crippen LogP) is 1.68. The highest BCUT2D eigenvalue weighted by Gasteiger charge is 2.07. The summed E-state index contributed by atoms with van der Waals surface area (Å²) < 4.78 is 4.65. The third kappa shape index (κ3) is 4.51. The van der Waals surface area contributed by atoms with Crippen molar-refractivity contribution in [1.82, 2.24) is 4.90 Å². The zero-order valence-electron chi connectivity index (χ0n) is 10.3. The molecule has 0 unspecified atom stereocenters. The second-order valence-electron chi connectivity index (χ2n) is 3.64. The summed E-state index contributed by atoms with van der Waals surface area (Å²) in [7, 11) is 4.98. The lowest BCUT2D eigenvalue weighted by Gasteiger charge is -2.06. The summed E-state index contributed by atoms with van der Waals surface area (Å²) in [5.74, 6) is -0.453. The van der Waals surface area contributed by atoms with E-state index in [4.69, 9.17) is 0 Å². The first kappa shape index (κ1) is 13.0. The van der Waals surface area contributed by atoms with Crippen LogP contribution >= 0.6 is 0 Å². The van der Waals surface area contributed by atoms with Gasteiger partial charge in [0.05, 0.1) is 7.11 Å². The molecule has 1 aromatic rings. The van der Waals surface area contributed by atoms with Gasteiger partial charge in [-0.1, -0.05) is 30.3 Å². The number of esters is 1. The molecule has 4 heteroatoms. The number of ether oxygens (including phenoxy) is 1. The van der Waals surface area contributed by atoms with Gasteiger partial charge < -0.3 is 9.64 Å². The Balaban J connectivity index is 2.87. The lowest BCUT2D eigenvalue weighted by atomic mass is 10.2. The second kappa shape index (κ2) is 6.48. The largest absolute Gasteiger partial charge is 0.464 e. The molecule has 90 valence electrons. The first-order valence-corrected chi connectivity index (χ1v) is 5.19. The molecule has 0 N–H and O–H groups in total. The van der Waals surface area contributed by atoms with Crippen LogP contribution in [0.2, 0.25) is 0 Å². The highest BCUT2D eigenvalue weighted by atomic mass is 16.5. The maximum absolute atomic E-state index is 11.4. The molecule has 0 aromatic heterocycles. The van der Waals surface area contributed by atoms with Crippen LogP contribution in [0.4, 0.5) is 0 Å². The Morgan fingerprint density at radius 1 is 1.29 bits per heavy atom. The zero-order chi connectivity index (χ0) is 12.7. The van der Waals surface area contributed by atoms with Gasteiger partial charge in [-0.15, -0.1) is 0 Å². The second-order valence-corrected chi connectivity index (χ2v) is 3.64. The van der Waals surface area contributed by atoms with Crippen LogP contribution in [-0.2, 0) is 9.53 Å². The normalized spacial score (nSPS) is 11.6. The molecule has 0 heterocycles. The third-order valence-corrected chi connectivity index (χ3v) is 1.93. The zero-order valence-corrected chi connectivity index (χ0v) is 10.3. The molecule has 0 radical (unpaired) electrons. The number of methoxy groups -OCH3 is 1. The van der Waals surface area contributed by atoms with Crippen molar-refractivity contribution in [2.24, 2.45) is 4.99 Å². The molecule has 17 heavy (non-hydrogen) atoms. The van der Waals surface area contributed by atoms with E-state index in [0.29, 0.717) is 0 Å². The highest BCUT2D eigenvalue weighted by molar-refractivity contribution is 5.92. The Kier molecular flexibility index (Phi) is 4.94. The SMILES string of the molecule is COC(=O)/C(=C/N(C)C)N=Cc1ccccc1. The van der Waals surface area contributed by atoms with Crippen molar-refractivity contribution in [3.8, 4) is 0 Å². The van der Waals surface area contributed by atoms with Crippen LogP contribution in [0.5, 0.6) is 0 Å². The number of rotatable bonds is 4. The van der Waals surface area contributed by atoms with Crippen molar-refractivity contribution in [2.45, 2.75) is 0 Å². The van der Waals surface area contributed by atoms with Gasteiger partial charge in [-0.2, -0.15) is 0 Å². The number of nitrogens with zero attached hydrogens (tertiary/aromatic N) is 2. The minimum absolute atomic E-state index is 0.265. The first-order chi connectivity index (χ1) is 8.13. The van der Waals surface area contributed by atoms with Gasteiger partial charge in [-0.05, 0) is 5.56 Å². The van der Waals surface area contributed by atoms with Crippen LogP contribution in [0, 0.1) is 0 Å². The molecule has 4 nitrogen and oxygen atoms in total. The van der Waals surface area contributed by atoms with E-state index in [2.05, 4.69) is 9.73 Å². The van der Waals surface area contributed by atoms with Gasteiger partial charge >= 0.3 is 5.97 Å². The Labute approximate surface area is 101 Å². The lowest BCUT2D eigenvalue weighted by Crippen LogP contribution is -2.09. The Bertz CT molecular complexity index is 422. The van der Waals surface area contributed by atoms with Gasteiger partial charge in [0.2, 0.25) is 0 Å². The molecular weight excluding hydrogens is 216 g/mol. The Hall–Kier alpha value is -2.10. The summed E-state index contributed by atoms with van der Waals surface area (Å²) in [5, 5.41) is 0. The molecule has 0 aliphatic heterocycles. The van der Waals surface area contributed by atoms with E-state index in [1.54, 1.807) is 17.3 Å². The topological polar surface area (TPSA) is 41.9 Å². The van der Waals surface area contributed by atoms with E-state index in [-0.39, 0.29) is 5.70 Å². The molecule has 0 aliphatic rings. The van der Waals surface area contributed by atoms with E-state index >= 15 is 0 Å². The van der Waals surface area contributed by atoms with Crippen molar-refractivity contribution in [3.05, 3.63) is 47.8 Å². The number of benzene rings is 1. The van der Waals surface area contributed by atoms with Crippen molar-refractivity contribution < 1.29 is 9.53 Å². The van der Waals surface area contributed by atoms with Crippen LogP contribution in [0.1, 0.15) is 5.56 Å². The van der Waals surface area contributed by atoms with Gasteiger partial charge in [0.25, 0.3) is 0 Å². The Morgan fingerprint density at radius 3 is 2.47 bits per heavy atom. The minimum Gasteiger partial charge on any atom is -0.464 e. The summed E-state index contributed by atoms with van der Waals surface area (Å²) >= 11 is 0. The van der Waals surface area contributed by atoms with E-state index in [1.807, 2.05) is 44.4 Å². The first-order valence-electron chi connectivity index (χ1n) is 5.19. The van der Waals surface area contributed by atoms with E-state index in [9.17, 15) is 4.79 Å². The van der Waals surface area contributed by atoms with Crippen LogP contribution in [0.3, 0.4) is 0 Å². The molecule has 0 saturated carbocycles. The molecule has 1 aromatic carbocycles. The van der Waals surface area contributed by atoms with E-state index < -0.39 is 5.97 Å². The number of hydrogen-bond donors (Lipinski definition) is 0. The van der Waals surface area contributed by atoms with Crippen molar-refractivity contribution >= 4 is 12.2 Å². The molecule has 0 spiro atoms. The fraction of sp³-hybridized carbons (Fsp3) is 0.231. The fourth-order valence-corrected chi connectivity index (χ4v) is 1.17. The minimum atomic E-state index is -0.453. The summed E-state index contributed by atoms with van der Waals surface area (Å²) in [5.41, 5.74) is 1.20. The lowest BCUT2D eigenvalue weighted by molar-refractivity contribution is -0.136. The molecule has 1 rings (SSSR count). The average molecular weight is 232 g/mol. The molecule has 0 bridgehead atoms. The molecular formula is C13H16N2O2. The number of aliphatic imine (C=N–C) groups is 1. The summed E-state index contributed by atoms with van der Waals surface area (Å²) in [6.07, 6.45) is 3.25. The summed E-state index contributed by atoms with van der Waals surface area (Å²) in [6.45, 7) is 0. The maximum Gasteiger partial charge on any atom is 0.358 e. The third-order valence-electron chi connectivity index (χ3n) is 1.93.